The Hall–Kier alpha value is -2.55. The van der Waals surface area contributed by atoms with Crippen LogP contribution in [0.3, 0.4) is 0 Å². The largest absolute Gasteiger partial charge is 0.416 e. The second kappa shape index (κ2) is 9.30. The van der Waals surface area contributed by atoms with E-state index in [9.17, 15) is 26.4 Å². The molecule has 2 aromatic carbocycles. The molecule has 3 rings (SSSR count). The summed E-state index contributed by atoms with van der Waals surface area (Å²) in [6.07, 6.45) is -1.83. The van der Waals surface area contributed by atoms with Gasteiger partial charge in [0, 0.05) is 26.1 Å². The van der Waals surface area contributed by atoms with Crippen LogP contribution in [0.25, 0.3) is 0 Å². The molecule has 0 bridgehead atoms. The SMILES string of the molecule is Cc1ccc(N(CCC(=O)N2CCCCC2)S(=O)(=O)c2cccc(C(F)(F)F)c2)cc1. The van der Waals surface area contributed by atoms with Crippen LogP contribution in [0.5, 0.6) is 0 Å². The van der Waals surface area contributed by atoms with E-state index in [4.69, 9.17) is 0 Å². The summed E-state index contributed by atoms with van der Waals surface area (Å²) in [4.78, 5) is 13.8. The number of likely N-dealkylation sites (tertiary alicyclic amines) is 1. The van der Waals surface area contributed by atoms with Gasteiger partial charge < -0.3 is 4.90 Å². The van der Waals surface area contributed by atoms with Gasteiger partial charge in [0.2, 0.25) is 5.91 Å². The van der Waals surface area contributed by atoms with Gasteiger partial charge in [-0.2, -0.15) is 13.2 Å². The average Bonchev–Trinajstić information content (AvgIpc) is 2.75. The predicted molar refractivity (Wildman–Crippen MR) is 112 cm³/mol. The number of benzene rings is 2. The van der Waals surface area contributed by atoms with Gasteiger partial charge in [0.1, 0.15) is 0 Å². The van der Waals surface area contributed by atoms with Crippen LogP contribution in [-0.4, -0.2) is 38.9 Å². The molecule has 1 aliphatic heterocycles. The number of hydrogen-bond acceptors (Lipinski definition) is 3. The summed E-state index contributed by atoms with van der Waals surface area (Å²) in [5, 5.41) is 0. The van der Waals surface area contributed by atoms with Crippen molar-refractivity contribution in [2.24, 2.45) is 0 Å². The molecule has 168 valence electrons. The maximum atomic E-state index is 13.3. The van der Waals surface area contributed by atoms with Crippen molar-refractivity contribution in [2.45, 2.75) is 43.7 Å². The molecule has 5 nitrogen and oxygen atoms in total. The smallest absolute Gasteiger partial charge is 0.343 e. The first-order valence-electron chi connectivity index (χ1n) is 10.1. The van der Waals surface area contributed by atoms with E-state index < -0.39 is 26.7 Å². The van der Waals surface area contributed by atoms with Crippen molar-refractivity contribution in [3.8, 4) is 0 Å². The Balaban J connectivity index is 1.91. The van der Waals surface area contributed by atoms with Crippen LogP contribution in [0.2, 0.25) is 0 Å². The lowest BCUT2D eigenvalue weighted by molar-refractivity contribution is -0.137. The lowest BCUT2D eigenvalue weighted by atomic mass is 10.1. The van der Waals surface area contributed by atoms with Gasteiger partial charge in [-0.05, 0) is 56.5 Å². The summed E-state index contributed by atoms with van der Waals surface area (Å²) < 4.78 is 67.0. The quantitative estimate of drug-likeness (QED) is 0.641. The third kappa shape index (κ3) is 5.58. The van der Waals surface area contributed by atoms with Gasteiger partial charge >= 0.3 is 6.18 Å². The number of aryl methyl sites for hydroxylation is 1. The summed E-state index contributed by atoms with van der Waals surface area (Å²) in [6.45, 7) is 2.97. The fraction of sp³-hybridized carbons (Fsp3) is 0.409. The highest BCUT2D eigenvalue weighted by molar-refractivity contribution is 7.92. The first-order chi connectivity index (χ1) is 14.6. The van der Waals surface area contributed by atoms with Gasteiger partial charge in [-0.25, -0.2) is 8.42 Å². The van der Waals surface area contributed by atoms with E-state index in [1.54, 1.807) is 29.2 Å². The highest BCUT2D eigenvalue weighted by Gasteiger charge is 2.33. The predicted octanol–water partition coefficient (Wildman–Crippen LogP) is 4.61. The van der Waals surface area contributed by atoms with Crippen LogP contribution in [0.15, 0.2) is 53.4 Å². The Labute approximate surface area is 180 Å². The molecule has 0 atom stereocenters. The summed E-state index contributed by atoms with van der Waals surface area (Å²) in [5.41, 5.74) is 0.167. The number of carbonyl (C=O) groups is 1. The number of amides is 1. The zero-order chi connectivity index (χ0) is 22.6. The Morgan fingerprint density at radius 1 is 1.03 bits per heavy atom. The first kappa shape index (κ1) is 23.1. The third-order valence-electron chi connectivity index (χ3n) is 5.31. The number of rotatable bonds is 6. The Morgan fingerprint density at radius 2 is 1.68 bits per heavy atom. The summed E-state index contributed by atoms with van der Waals surface area (Å²) in [7, 11) is -4.31. The molecule has 9 heteroatoms. The molecule has 2 aromatic rings. The molecule has 0 N–H and O–H groups in total. The van der Waals surface area contributed by atoms with Crippen molar-refractivity contribution in [1.29, 1.82) is 0 Å². The van der Waals surface area contributed by atoms with Crippen LogP contribution in [0, 0.1) is 6.92 Å². The minimum absolute atomic E-state index is 0.0495. The third-order valence-corrected chi connectivity index (χ3v) is 7.13. The van der Waals surface area contributed by atoms with Crippen molar-refractivity contribution < 1.29 is 26.4 Å². The minimum atomic E-state index is -4.66. The molecule has 0 aromatic heterocycles. The van der Waals surface area contributed by atoms with Gasteiger partial charge in [0.05, 0.1) is 16.1 Å². The van der Waals surface area contributed by atoms with Crippen LogP contribution in [-0.2, 0) is 21.0 Å². The molecule has 0 aliphatic carbocycles. The number of nitrogens with zero attached hydrogens (tertiary/aromatic N) is 2. The molecule has 0 spiro atoms. The highest BCUT2D eigenvalue weighted by Crippen LogP contribution is 2.32. The molecule has 1 heterocycles. The number of anilines is 1. The van der Waals surface area contributed by atoms with Crippen molar-refractivity contribution in [3.63, 3.8) is 0 Å². The fourth-order valence-electron chi connectivity index (χ4n) is 3.56. The molecule has 1 amide bonds. The molecule has 31 heavy (non-hydrogen) atoms. The van der Waals surface area contributed by atoms with Crippen molar-refractivity contribution >= 4 is 21.6 Å². The zero-order valence-corrected chi connectivity index (χ0v) is 18.0. The van der Waals surface area contributed by atoms with E-state index in [1.807, 2.05) is 6.92 Å². The second-order valence-corrected chi connectivity index (χ2v) is 9.49. The first-order valence-corrected chi connectivity index (χ1v) is 11.6. The minimum Gasteiger partial charge on any atom is -0.343 e. The van der Waals surface area contributed by atoms with E-state index >= 15 is 0 Å². The number of carbonyl (C=O) groups excluding carboxylic acids is 1. The average molecular weight is 455 g/mol. The van der Waals surface area contributed by atoms with Gasteiger partial charge in [-0.3, -0.25) is 9.10 Å². The molecule has 0 radical (unpaired) electrons. The lowest BCUT2D eigenvalue weighted by Gasteiger charge is -2.29. The monoisotopic (exact) mass is 454 g/mol. The number of hydrogen-bond donors (Lipinski definition) is 0. The van der Waals surface area contributed by atoms with Gasteiger partial charge in [0.25, 0.3) is 10.0 Å². The molecule has 1 aliphatic rings. The van der Waals surface area contributed by atoms with Gasteiger partial charge in [-0.15, -0.1) is 0 Å². The Kier molecular flexibility index (Phi) is 6.93. The standard InChI is InChI=1S/C22H25F3N2O3S/c1-17-8-10-19(11-9-17)27(15-12-21(28)26-13-3-2-4-14-26)31(29,30)20-7-5-6-18(16-20)22(23,24)25/h5-11,16H,2-4,12-15H2,1H3. The Morgan fingerprint density at radius 3 is 2.29 bits per heavy atom. The number of halogens is 3. The van der Waals surface area contributed by atoms with Crippen molar-refractivity contribution in [2.75, 3.05) is 23.9 Å². The number of piperidine rings is 1. The van der Waals surface area contributed by atoms with Crippen LogP contribution >= 0.6 is 0 Å². The van der Waals surface area contributed by atoms with E-state index in [0.29, 0.717) is 24.8 Å². The summed E-state index contributed by atoms with van der Waals surface area (Å²) >= 11 is 0. The summed E-state index contributed by atoms with van der Waals surface area (Å²) in [5.74, 6) is -0.156. The zero-order valence-electron chi connectivity index (χ0n) is 17.2. The van der Waals surface area contributed by atoms with Crippen molar-refractivity contribution in [1.82, 2.24) is 4.90 Å². The molecule has 0 unspecified atom stereocenters. The molecular formula is C22H25F3N2O3S. The van der Waals surface area contributed by atoms with E-state index in [-0.39, 0.29) is 18.9 Å². The van der Waals surface area contributed by atoms with Crippen LogP contribution < -0.4 is 4.31 Å². The molecular weight excluding hydrogens is 429 g/mol. The van der Waals surface area contributed by atoms with Gasteiger partial charge in [-0.1, -0.05) is 23.8 Å². The Bertz CT molecular complexity index is 1020. The summed E-state index contributed by atoms with van der Waals surface area (Å²) in [6, 6.07) is 10.3. The molecule has 0 saturated carbocycles. The maximum Gasteiger partial charge on any atom is 0.416 e. The lowest BCUT2D eigenvalue weighted by Crippen LogP contribution is -2.39. The fourth-order valence-corrected chi connectivity index (χ4v) is 5.07. The van der Waals surface area contributed by atoms with Crippen LogP contribution in [0.4, 0.5) is 18.9 Å². The normalized spacial score (nSPS) is 15.0. The highest BCUT2D eigenvalue weighted by atomic mass is 32.2. The molecule has 1 saturated heterocycles. The van der Waals surface area contributed by atoms with E-state index in [0.717, 1.165) is 47.3 Å². The molecule has 1 fully saturated rings. The topological polar surface area (TPSA) is 57.7 Å². The van der Waals surface area contributed by atoms with E-state index in [2.05, 4.69) is 0 Å². The number of alkyl halides is 3. The number of sulfonamides is 1. The van der Waals surface area contributed by atoms with Gasteiger partial charge in [0.15, 0.2) is 0 Å². The van der Waals surface area contributed by atoms with Crippen LogP contribution in [0.1, 0.15) is 36.8 Å². The van der Waals surface area contributed by atoms with E-state index in [1.165, 1.54) is 0 Å². The second-order valence-electron chi connectivity index (χ2n) is 7.63. The van der Waals surface area contributed by atoms with Crippen molar-refractivity contribution in [3.05, 3.63) is 59.7 Å². The maximum absolute atomic E-state index is 13.3.